The minimum absolute atomic E-state index is 0.00691. The molecule has 1 aromatic heterocycles. The van der Waals surface area contributed by atoms with E-state index in [0.717, 1.165) is 11.3 Å². The Morgan fingerprint density at radius 2 is 1.70 bits per heavy atom. The summed E-state index contributed by atoms with van der Waals surface area (Å²) in [6.45, 7) is 8.27. The van der Waals surface area contributed by atoms with Crippen molar-refractivity contribution < 1.29 is 38.3 Å². The van der Waals surface area contributed by atoms with Crippen molar-refractivity contribution in [2.75, 3.05) is 26.4 Å². The molecule has 50 heavy (non-hydrogen) atoms. The molecule has 0 fully saturated rings. The number of benzene rings is 2. The van der Waals surface area contributed by atoms with Gasteiger partial charge in [-0.05, 0) is 45.4 Å². The molecule has 0 saturated carbocycles. The Bertz CT molecular complexity index is 1710. The largest absolute Gasteiger partial charge is 0.465 e. The number of aromatic nitrogens is 2. The third-order valence-electron chi connectivity index (χ3n) is 7.52. The number of esters is 1. The van der Waals surface area contributed by atoms with E-state index in [0.29, 0.717) is 24.1 Å². The SMILES string of the molecule is CCOC(=O)Cn1cc2c(n1)CCN(C(=O)[C@H](Cc1ccc([N+](=O)[O-])cc1)NC(=O)c1ccc(C(=N)NC(=O)OCCOC(C)(C)C)cc1)C2. The Morgan fingerprint density at radius 3 is 2.34 bits per heavy atom. The number of fused-ring (bicyclic) bond motifs is 1. The summed E-state index contributed by atoms with van der Waals surface area (Å²) < 4.78 is 17.0. The summed E-state index contributed by atoms with van der Waals surface area (Å²) in [7, 11) is 0. The molecule has 1 atom stereocenters. The first-order chi connectivity index (χ1) is 23.7. The summed E-state index contributed by atoms with van der Waals surface area (Å²) in [6.07, 6.45) is 1.38. The normalized spacial score (nSPS) is 13.1. The fourth-order valence-electron chi connectivity index (χ4n) is 5.11. The van der Waals surface area contributed by atoms with Gasteiger partial charge >= 0.3 is 12.1 Å². The maximum absolute atomic E-state index is 13.9. The predicted molar refractivity (Wildman–Crippen MR) is 179 cm³/mol. The summed E-state index contributed by atoms with van der Waals surface area (Å²) >= 11 is 0. The number of amides is 3. The third-order valence-corrected chi connectivity index (χ3v) is 7.52. The molecule has 3 N–H and O–H groups in total. The topological polar surface area (TPSA) is 208 Å². The van der Waals surface area contributed by atoms with Gasteiger partial charge in [0.15, 0.2) is 0 Å². The van der Waals surface area contributed by atoms with Gasteiger partial charge in [0.05, 0.1) is 29.4 Å². The van der Waals surface area contributed by atoms with E-state index < -0.39 is 28.9 Å². The number of nitro benzene ring substituents is 1. The van der Waals surface area contributed by atoms with E-state index in [4.69, 9.17) is 19.6 Å². The van der Waals surface area contributed by atoms with Crippen LogP contribution in [-0.4, -0.2) is 87.3 Å². The van der Waals surface area contributed by atoms with Crippen molar-refractivity contribution in [3.8, 4) is 0 Å². The number of ether oxygens (including phenoxy) is 3. The number of nitrogens with one attached hydrogen (secondary N) is 3. The van der Waals surface area contributed by atoms with Crippen LogP contribution in [0.2, 0.25) is 0 Å². The number of nitrogens with zero attached hydrogens (tertiary/aromatic N) is 4. The lowest BCUT2D eigenvalue weighted by molar-refractivity contribution is -0.384. The van der Waals surface area contributed by atoms with Gasteiger partial charge in [0, 0.05) is 61.0 Å². The van der Waals surface area contributed by atoms with Crippen LogP contribution in [0.15, 0.2) is 54.7 Å². The van der Waals surface area contributed by atoms with Crippen LogP contribution in [0.3, 0.4) is 0 Å². The maximum Gasteiger partial charge on any atom is 0.412 e. The fraction of sp³-hybridized carbons (Fsp3) is 0.412. The van der Waals surface area contributed by atoms with E-state index >= 15 is 0 Å². The molecule has 2 heterocycles. The Balaban J connectivity index is 1.43. The average molecular weight is 692 g/mol. The van der Waals surface area contributed by atoms with E-state index in [9.17, 15) is 29.3 Å². The second kappa shape index (κ2) is 16.6. The molecule has 0 unspecified atom stereocenters. The first kappa shape index (κ1) is 37.2. The lowest BCUT2D eigenvalue weighted by Gasteiger charge is -2.30. The number of nitro groups is 1. The van der Waals surface area contributed by atoms with Crippen molar-refractivity contribution in [3.05, 3.63) is 92.8 Å². The lowest BCUT2D eigenvalue weighted by Crippen LogP contribution is -2.50. The Kier molecular flexibility index (Phi) is 12.4. The molecular weight excluding hydrogens is 650 g/mol. The summed E-state index contributed by atoms with van der Waals surface area (Å²) in [4.78, 5) is 63.6. The molecule has 2 aromatic carbocycles. The smallest absolute Gasteiger partial charge is 0.412 e. The Hall–Kier alpha value is -5.64. The highest BCUT2D eigenvalue weighted by Crippen LogP contribution is 2.20. The molecule has 1 aliphatic rings. The van der Waals surface area contributed by atoms with Gasteiger partial charge in [-0.3, -0.25) is 39.9 Å². The zero-order valence-corrected chi connectivity index (χ0v) is 28.4. The quantitative estimate of drug-likeness (QED) is 0.0596. The highest BCUT2D eigenvalue weighted by molar-refractivity contribution is 6.05. The number of rotatable bonds is 13. The van der Waals surface area contributed by atoms with Crippen molar-refractivity contribution in [1.29, 1.82) is 5.41 Å². The van der Waals surface area contributed by atoms with Gasteiger partial charge in [0.2, 0.25) is 5.91 Å². The fourth-order valence-corrected chi connectivity index (χ4v) is 5.11. The van der Waals surface area contributed by atoms with Crippen LogP contribution >= 0.6 is 0 Å². The van der Waals surface area contributed by atoms with Crippen LogP contribution in [0.4, 0.5) is 10.5 Å². The second-order valence-electron chi connectivity index (χ2n) is 12.4. The molecule has 0 bridgehead atoms. The average Bonchev–Trinajstić information content (AvgIpc) is 3.47. The van der Waals surface area contributed by atoms with Gasteiger partial charge in [-0.25, -0.2) is 4.79 Å². The summed E-state index contributed by atoms with van der Waals surface area (Å²) in [5.41, 5.74) is 2.16. The number of alkyl carbamates (subject to hydrolysis) is 1. The zero-order valence-electron chi connectivity index (χ0n) is 28.4. The molecule has 266 valence electrons. The molecule has 3 aromatic rings. The predicted octanol–water partition coefficient (Wildman–Crippen LogP) is 3.15. The van der Waals surface area contributed by atoms with E-state index in [1.165, 1.54) is 53.2 Å². The minimum Gasteiger partial charge on any atom is -0.465 e. The monoisotopic (exact) mass is 691 g/mol. The second-order valence-corrected chi connectivity index (χ2v) is 12.4. The molecule has 1 aliphatic heterocycles. The van der Waals surface area contributed by atoms with Crippen LogP contribution in [-0.2, 0) is 49.7 Å². The molecule has 4 rings (SSSR count). The van der Waals surface area contributed by atoms with Gasteiger partial charge in [0.25, 0.3) is 11.6 Å². The Morgan fingerprint density at radius 1 is 1.02 bits per heavy atom. The number of hydrogen-bond donors (Lipinski definition) is 3. The number of carbonyl (C=O) groups is 4. The van der Waals surface area contributed by atoms with E-state index in [1.807, 2.05) is 20.8 Å². The first-order valence-electron chi connectivity index (χ1n) is 16.0. The molecule has 0 radical (unpaired) electrons. The number of amidine groups is 1. The molecular formula is C34H41N7O9. The van der Waals surface area contributed by atoms with Crippen LogP contribution < -0.4 is 10.6 Å². The highest BCUT2D eigenvalue weighted by atomic mass is 16.6. The van der Waals surface area contributed by atoms with Crippen LogP contribution in [0.1, 0.15) is 60.4 Å². The summed E-state index contributed by atoms with van der Waals surface area (Å²) in [6, 6.07) is 10.6. The lowest BCUT2D eigenvalue weighted by atomic mass is 10.0. The van der Waals surface area contributed by atoms with Gasteiger partial charge < -0.3 is 24.4 Å². The van der Waals surface area contributed by atoms with Crippen molar-refractivity contribution >= 4 is 35.4 Å². The van der Waals surface area contributed by atoms with Crippen molar-refractivity contribution in [2.45, 2.75) is 65.3 Å². The molecule has 16 heteroatoms. The van der Waals surface area contributed by atoms with Crippen LogP contribution in [0.5, 0.6) is 0 Å². The molecule has 0 spiro atoms. The van der Waals surface area contributed by atoms with Crippen molar-refractivity contribution in [1.82, 2.24) is 25.3 Å². The van der Waals surface area contributed by atoms with E-state index in [-0.39, 0.29) is 67.9 Å². The maximum atomic E-state index is 13.9. The minimum atomic E-state index is -1.03. The third kappa shape index (κ3) is 10.7. The number of non-ortho nitro benzene ring substituents is 1. The van der Waals surface area contributed by atoms with E-state index in [1.54, 1.807) is 18.0 Å². The van der Waals surface area contributed by atoms with Crippen molar-refractivity contribution in [3.63, 3.8) is 0 Å². The highest BCUT2D eigenvalue weighted by Gasteiger charge is 2.31. The molecule has 16 nitrogen and oxygen atoms in total. The van der Waals surface area contributed by atoms with Crippen molar-refractivity contribution in [2.24, 2.45) is 0 Å². The summed E-state index contributed by atoms with van der Waals surface area (Å²) in [5, 5.41) is 29.0. The summed E-state index contributed by atoms with van der Waals surface area (Å²) in [5.74, 6) is -1.59. The number of carbonyl (C=O) groups excluding carboxylic acids is 4. The zero-order chi connectivity index (χ0) is 36.4. The molecule has 0 aliphatic carbocycles. The van der Waals surface area contributed by atoms with Crippen LogP contribution in [0, 0.1) is 15.5 Å². The van der Waals surface area contributed by atoms with E-state index in [2.05, 4.69) is 15.7 Å². The number of hydrogen-bond acceptors (Lipinski definition) is 11. The van der Waals surface area contributed by atoms with Gasteiger partial charge in [-0.1, -0.05) is 24.3 Å². The Labute approximate surface area is 288 Å². The molecule has 0 saturated heterocycles. The molecule has 3 amide bonds. The standard InChI is InChI=1S/C34H41N7O9/c1-5-48-29(42)21-40-20-25-19-39(15-14-27(25)38-40)32(44)28(18-22-6-12-26(13-7-22)41(46)47)36-31(43)24-10-8-23(9-11-24)30(35)37-33(45)49-16-17-50-34(2,3)4/h6-13,20,28H,5,14-19,21H2,1-4H3,(H,36,43)(H2,35,37,45)/t28-/m0/s1. The first-order valence-corrected chi connectivity index (χ1v) is 16.0. The van der Waals surface area contributed by atoms with Gasteiger partial charge in [0.1, 0.15) is 25.0 Å². The van der Waals surface area contributed by atoms with Crippen LogP contribution in [0.25, 0.3) is 0 Å². The van der Waals surface area contributed by atoms with Gasteiger partial charge in [-0.15, -0.1) is 0 Å². The van der Waals surface area contributed by atoms with Gasteiger partial charge in [-0.2, -0.15) is 5.10 Å².